The Bertz CT molecular complexity index is 555. The standard InChI is InChI=1S/C14H22N2O2S/c1-11-6-7-14(12(2)9-11)19(17,18)16-8-4-3-5-13(16)10-15/h6-7,9,13H,3-5,8,10,15H2,1-2H3. The van der Waals surface area contributed by atoms with Gasteiger partial charge >= 0.3 is 0 Å². The molecule has 1 aliphatic rings. The van der Waals surface area contributed by atoms with Gasteiger partial charge in [0, 0.05) is 19.1 Å². The number of nitrogens with two attached hydrogens (primary N) is 1. The second-order valence-corrected chi connectivity index (χ2v) is 7.13. The molecule has 19 heavy (non-hydrogen) atoms. The average Bonchev–Trinajstić information content (AvgIpc) is 2.38. The Morgan fingerprint density at radius 3 is 2.68 bits per heavy atom. The third-order valence-corrected chi connectivity index (χ3v) is 5.87. The van der Waals surface area contributed by atoms with E-state index in [9.17, 15) is 8.42 Å². The Morgan fingerprint density at radius 2 is 2.05 bits per heavy atom. The number of hydrogen-bond donors (Lipinski definition) is 1. The van der Waals surface area contributed by atoms with Gasteiger partial charge in [-0.3, -0.25) is 0 Å². The summed E-state index contributed by atoms with van der Waals surface area (Å²) in [6.45, 7) is 4.79. The monoisotopic (exact) mass is 282 g/mol. The van der Waals surface area contributed by atoms with E-state index in [-0.39, 0.29) is 6.04 Å². The number of aryl methyl sites for hydroxylation is 2. The predicted octanol–water partition coefficient (Wildman–Crippen LogP) is 1.81. The zero-order valence-corrected chi connectivity index (χ0v) is 12.4. The van der Waals surface area contributed by atoms with Gasteiger partial charge in [0.15, 0.2) is 0 Å². The summed E-state index contributed by atoms with van der Waals surface area (Å²) in [5.74, 6) is 0. The van der Waals surface area contributed by atoms with Crippen LogP contribution in [0.15, 0.2) is 23.1 Å². The lowest BCUT2D eigenvalue weighted by Crippen LogP contribution is -2.47. The first-order valence-corrected chi connectivity index (χ1v) is 8.20. The van der Waals surface area contributed by atoms with Crippen molar-refractivity contribution < 1.29 is 8.42 Å². The van der Waals surface area contributed by atoms with Crippen LogP contribution in [0.4, 0.5) is 0 Å². The van der Waals surface area contributed by atoms with Crippen LogP contribution in [-0.2, 0) is 10.0 Å². The van der Waals surface area contributed by atoms with E-state index >= 15 is 0 Å². The largest absolute Gasteiger partial charge is 0.329 e. The van der Waals surface area contributed by atoms with Crippen molar-refractivity contribution in [1.82, 2.24) is 4.31 Å². The number of sulfonamides is 1. The minimum Gasteiger partial charge on any atom is -0.329 e. The van der Waals surface area contributed by atoms with Crippen molar-refractivity contribution in [2.75, 3.05) is 13.1 Å². The molecule has 1 aliphatic heterocycles. The van der Waals surface area contributed by atoms with Crippen LogP contribution in [0, 0.1) is 13.8 Å². The molecule has 0 amide bonds. The SMILES string of the molecule is Cc1ccc(S(=O)(=O)N2CCCCC2CN)c(C)c1. The van der Waals surface area contributed by atoms with E-state index in [1.807, 2.05) is 26.0 Å². The maximum absolute atomic E-state index is 12.8. The topological polar surface area (TPSA) is 63.4 Å². The van der Waals surface area contributed by atoms with E-state index in [1.54, 1.807) is 10.4 Å². The molecule has 2 N–H and O–H groups in total. The first-order chi connectivity index (χ1) is 8.96. The van der Waals surface area contributed by atoms with Crippen molar-refractivity contribution in [1.29, 1.82) is 0 Å². The summed E-state index contributed by atoms with van der Waals surface area (Å²) >= 11 is 0. The van der Waals surface area contributed by atoms with Crippen molar-refractivity contribution in [3.05, 3.63) is 29.3 Å². The molecule has 1 saturated heterocycles. The molecule has 0 aliphatic carbocycles. The van der Waals surface area contributed by atoms with E-state index in [0.717, 1.165) is 30.4 Å². The van der Waals surface area contributed by atoms with Crippen molar-refractivity contribution >= 4 is 10.0 Å². The first kappa shape index (κ1) is 14.5. The van der Waals surface area contributed by atoms with Gasteiger partial charge in [-0.25, -0.2) is 8.42 Å². The minimum absolute atomic E-state index is 0.0561. The highest BCUT2D eigenvalue weighted by Crippen LogP contribution is 2.27. The molecule has 1 fully saturated rings. The Labute approximate surface area is 115 Å². The van der Waals surface area contributed by atoms with E-state index in [4.69, 9.17) is 5.73 Å². The summed E-state index contributed by atoms with van der Waals surface area (Å²) in [6.07, 6.45) is 2.84. The van der Waals surface area contributed by atoms with Crippen molar-refractivity contribution in [3.8, 4) is 0 Å². The molecular formula is C14H22N2O2S. The number of nitrogens with zero attached hydrogens (tertiary/aromatic N) is 1. The van der Waals surface area contributed by atoms with E-state index in [1.165, 1.54) is 0 Å². The zero-order valence-electron chi connectivity index (χ0n) is 11.6. The highest BCUT2D eigenvalue weighted by atomic mass is 32.2. The van der Waals surface area contributed by atoms with Gasteiger partial charge in [-0.1, -0.05) is 24.1 Å². The van der Waals surface area contributed by atoms with Gasteiger partial charge in [-0.2, -0.15) is 4.31 Å². The molecule has 1 unspecified atom stereocenters. The Kier molecular flexibility index (Phi) is 4.28. The summed E-state index contributed by atoms with van der Waals surface area (Å²) in [5.41, 5.74) is 7.61. The molecule has 1 atom stereocenters. The predicted molar refractivity (Wildman–Crippen MR) is 76.5 cm³/mol. The van der Waals surface area contributed by atoms with Crippen LogP contribution in [0.5, 0.6) is 0 Å². The van der Waals surface area contributed by atoms with Crippen LogP contribution in [0.2, 0.25) is 0 Å². The summed E-state index contributed by atoms with van der Waals surface area (Å²) in [5, 5.41) is 0. The van der Waals surface area contributed by atoms with Gasteiger partial charge in [-0.15, -0.1) is 0 Å². The lowest BCUT2D eigenvalue weighted by atomic mass is 10.1. The molecule has 0 radical (unpaired) electrons. The molecule has 5 heteroatoms. The fourth-order valence-corrected chi connectivity index (χ4v) is 4.65. The van der Waals surface area contributed by atoms with Gasteiger partial charge < -0.3 is 5.73 Å². The maximum atomic E-state index is 12.8. The summed E-state index contributed by atoms with van der Waals surface area (Å²) < 4.78 is 27.1. The van der Waals surface area contributed by atoms with Gasteiger partial charge in [0.25, 0.3) is 0 Å². The quantitative estimate of drug-likeness (QED) is 0.919. The van der Waals surface area contributed by atoms with Gasteiger partial charge in [-0.05, 0) is 38.3 Å². The smallest absolute Gasteiger partial charge is 0.243 e. The number of rotatable bonds is 3. The molecule has 0 spiro atoms. The summed E-state index contributed by atoms with van der Waals surface area (Å²) in [6, 6.07) is 5.41. The van der Waals surface area contributed by atoms with Gasteiger partial charge in [0.05, 0.1) is 4.90 Å². The highest BCUT2D eigenvalue weighted by molar-refractivity contribution is 7.89. The van der Waals surface area contributed by atoms with E-state index < -0.39 is 10.0 Å². The lowest BCUT2D eigenvalue weighted by molar-refractivity contribution is 0.257. The Hall–Kier alpha value is -0.910. The number of benzene rings is 1. The van der Waals surface area contributed by atoms with Crippen LogP contribution in [-0.4, -0.2) is 31.9 Å². The summed E-state index contributed by atoms with van der Waals surface area (Å²) in [7, 11) is -3.42. The van der Waals surface area contributed by atoms with E-state index in [0.29, 0.717) is 18.0 Å². The highest BCUT2D eigenvalue weighted by Gasteiger charge is 2.33. The second kappa shape index (κ2) is 5.61. The third-order valence-electron chi connectivity index (χ3n) is 3.76. The van der Waals surface area contributed by atoms with Crippen molar-refractivity contribution in [3.63, 3.8) is 0 Å². The van der Waals surface area contributed by atoms with Crippen molar-refractivity contribution in [2.24, 2.45) is 5.73 Å². The molecule has 4 nitrogen and oxygen atoms in total. The van der Waals surface area contributed by atoms with Gasteiger partial charge in [0.2, 0.25) is 10.0 Å². The van der Waals surface area contributed by atoms with Crippen LogP contribution in [0.1, 0.15) is 30.4 Å². The fraction of sp³-hybridized carbons (Fsp3) is 0.571. The fourth-order valence-electron chi connectivity index (χ4n) is 2.74. The molecular weight excluding hydrogens is 260 g/mol. The second-order valence-electron chi connectivity index (χ2n) is 5.27. The molecule has 0 aromatic heterocycles. The molecule has 0 saturated carbocycles. The summed E-state index contributed by atoms with van der Waals surface area (Å²) in [4.78, 5) is 0.415. The van der Waals surface area contributed by atoms with Crippen LogP contribution in [0.25, 0.3) is 0 Å². The van der Waals surface area contributed by atoms with Crippen LogP contribution in [0.3, 0.4) is 0 Å². The van der Waals surface area contributed by atoms with Crippen molar-refractivity contribution in [2.45, 2.75) is 44.0 Å². The molecule has 1 aromatic carbocycles. The molecule has 1 heterocycles. The lowest BCUT2D eigenvalue weighted by Gasteiger charge is -2.34. The van der Waals surface area contributed by atoms with Crippen LogP contribution < -0.4 is 5.73 Å². The zero-order chi connectivity index (χ0) is 14.0. The average molecular weight is 282 g/mol. The maximum Gasteiger partial charge on any atom is 0.243 e. The minimum atomic E-state index is -3.42. The molecule has 106 valence electrons. The first-order valence-electron chi connectivity index (χ1n) is 6.76. The Morgan fingerprint density at radius 1 is 1.32 bits per heavy atom. The molecule has 2 rings (SSSR count). The van der Waals surface area contributed by atoms with E-state index in [2.05, 4.69) is 0 Å². The third kappa shape index (κ3) is 2.83. The Balaban J connectivity index is 2.40. The normalized spacial score (nSPS) is 21.5. The number of hydrogen-bond acceptors (Lipinski definition) is 3. The number of piperidine rings is 1. The molecule has 0 bridgehead atoms. The molecule has 1 aromatic rings. The van der Waals surface area contributed by atoms with Crippen LogP contribution >= 0.6 is 0 Å². The van der Waals surface area contributed by atoms with Gasteiger partial charge in [0.1, 0.15) is 0 Å².